The van der Waals surface area contributed by atoms with Gasteiger partial charge in [0, 0.05) is 18.6 Å². The summed E-state index contributed by atoms with van der Waals surface area (Å²) in [5, 5.41) is 9.12. The lowest BCUT2D eigenvalue weighted by molar-refractivity contribution is 0.0694. The van der Waals surface area contributed by atoms with E-state index in [4.69, 9.17) is 9.84 Å². The molecule has 2 aromatic heterocycles. The van der Waals surface area contributed by atoms with Gasteiger partial charge in [0.05, 0.1) is 11.3 Å². The number of carboxylic acid groups (broad SMARTS) is 1. The van der Waals surface area contributed by atoms with E-state index in [1.807, 2.05) is 13.8 Å². The monoisotopic (exact) mass is 298 g/mol. The van der Waals surface area contributed by atoms with Crippen molar-refractivity contribution in [2.24, 2.45) is 0 Å². The van der Waals surface area contributed by atoms with Gasteiger partial charge in [-0.25, -0.2) is 4.79 Å². The predicted octanol–water partition coefficient (Wildman–Crippen LogP) is 2.00. The quantitative estimate of drug-likeness (QED) is 0.917. The third kappa shape index (κ3) is 2.28. The molecule has 0 spiro atoms. The summed E-state index contributed by atoms with van der Waals surface area (Å²) in [6.45, 7) is 3.73. The van der Waals surface area contributed by atoms with Crippen LogP contribution in [0.15, 0.2) is 47.7 Å². The first kappa shape index (κ1) is 14.1. The van der Waals surface area contributed by atoms with Crippen LogP contribution in [0.3, 0.4) is 0 Å². The van der Waals surface area contributed by atoms with Gasteiger partial charge in [-0.1, -0.05) is 0 Å². The van der Waals surface area contributed by atoms with Crippen molar-refractivity contribution in [2.45, 2.75) is 19.4 Å². The van der Waals surface area contributed by atoms with Gasteiger partial charge in [-0.05, 0) is 38.1 Å². The number of carboxylic acids is 1. The maximum absolute atomic E-state index is 12.4. The number of aromatic carboxylic acids is 1. The van der Waals surface area contributed by atoms with Gasteiger partial charge in [0.15, 0.2) is 0 Å². The molecule has 1 aliphatic rings. The Kier molecular flexibility index (Phi) is 3.09. The smallest absolute Gasteiger partial charge is 0.341 e. The van der Waals surface area contributed by atoms with E-state index in [0.717, 1.165) is 0 Å². The summed E-state index contributed by atoms with van der Waals surface area (Å²) >= 11 is 0. The normalized spacial score (nSPS) is 15.5. The maximum Gasteiger partial charge on any atom is 0.341 e. The van der Waals surface area contributed by atoms with Crippen LogP contribution in [-0.2, 0) is 0 Å². The number of carbonyl (C=O) groups is 1. The number of hydrogen-bond acceptors (Lipinski definition) is 4. The fourth-order valence-corrected chi connectivity index (χ4v) is 2.43. The van der Waals surface area contributed by atoms with Gasteiger partial charge in [0.2, 0.25) is 0 Å². The number of fused-ring (bicyclic) bond motifs is 1. The van der Waals surface area contributed by atoms with Crippen molar-refractivity contribution in [3.8, 4) is 5.75 Å². The fourth-order valence-electron chi connectivity index (χ4n) is 2.43. The first-order chi connectivity index (χ1) is 10.4. The highest BCUT2D eigenvalue weighted by Gasteiger charge is 2.28. The Morgan fingerprint density at radius 3 is 2.86 bits per heavy atom. The van der Waals surface area contributed by atoms with E-state index in [1.54, 1.807) is 30.7 Å². The Morgan fingerprint density at radius 1 is 1.36 bits per heavy atom. The van der Waals surface area contributed by atoms with Crippen LogP contribution >= 0.6 is 0 Å². The van der Waals surface area contributed by atoms with Crippen LogP contribution in [0.1, 0.15) is 29.8 Å². The molecule has 0 bridgehead atoms. The molecule has 3 heterocycles. The first-order valence-electron chi connectivity index (χ1n) is 6.71. The molecule has 0 atom stereocenters. The Balaban J connectivity index is 2.27. The predicted molar refractivity (Wildman–Crippen MR) is 80.0 cm³/mol. The van der Waals surface area contributed by atoms with E-state index in [0.29, 0.717) is 17.0 Å². The molecule has 0 saturated heterocycles. The second kappa shape index (κ2) is 4.84. The third-order valence-electron chi connectivity index (χ3n) is 3.35. The molecule has 1 N–H and O–H groups in total. The zero-order valence-electron chi connectivity index (χ0n) is 12.1. The van der Waals surface area contributed by atoms with Gasteiger partial charge < -0.3 is 9.84 Å². The summed E-state index contributed by atoms with van der Waals surface area (Å²) in [7, 11) is 0. The standard InChI is InChI=1S/C16H14N2O4/c1-16(2)8-12(11-9-17-6-5-13(11)22-16)18-7-3-4-10(14(18)19)15(20)21/h3-9H,1-2H3,(H,20,21). The van der Waals surface area contributed by atoms with Crippen molar-refractivity contribution in [2.75, 3.05) is 0 Å². The minimum Gasteiger partial charge on any atom is -0.483 e. The van der Waals surface area contributed by atoms with Crippen LogP contribution in [0.2, 0.25) is 0 Å². The highest BCUT2D eigenvalue weighted by Crippen LogP contribution is 2.35. The first-order valence-corrected chi connectivity index (χ1v) is 6.71. The minimum atomic E-state index is -1.25. The lowest BCUT2D eigenvalue weighted by Crippen LogP contribution is -2.33. The van der Waals surface area contributed by atoms with E-state index in [-0.39, 0.29) is 5.56 Å². The van der Waals surface area contributed by atoms with Crippen molar-refractivity contribution < 1.29 is 14.6 Å². The molecular weight excluding hydrogens is 284 g/mol. The number of aromatic nitrogens is 2. The van der Waals surface area contributed by atoms with Gasteiger partial charge in [0.1, 0.15) is 16.9 Å². The highest BCUT2D eigenvalue weighted by molar-refractivity contribution is 5.87. The Bertz CT molecular complexity index is 849. The number of hydrogen-bond donors (Lipinski definition) is 1. The number of nitrogens with zero attached hydrogens (tertiary/aromatic N) is 2. The average Bonchev–Trinajstić information content (AvgIpc) is 2.45. The second-order valence-electron chi connectivity index (χ2n) is 5.51. The van der Waals surface area contributed by atoms with Gasteiger partial charge in [0.25, 0.3) is 5.56 Å². The number of ether oxygens (including phenoxy) is 1. The van der Waals surface area contributed by atoms with Gasteiger partial charge in [-0.15, -0.1) is 0 Å². The summed E-state index contributed by atoms with van der Waals surface area (Å²) in [5.41, 5.74) is -0.284. The van der Waals surface area contributed by atoms with Crippen molar-refractivity contribution in [3.05, 3.63) is 64.3 Å². The lowest BCUT2D eigenvalue weighted by Gasteiger charge is -2.31. The SMILES string of the molecule is CC1(C)C=C(n2cccc(C(=O)O)c2=O)c2cnccc2O1. The Labute approximate surface area is 126 Å². The van der Waals surface area contributed by atoms with Crippen LogP contribution in [0.4, 0.5) is 0 Å². The van der Waals surface area contributed by atoms with Crippen LogP contribution in [0, 0.1) is 0 Å². The third-order valence-corrected chi connectivity index (χ3v) is 3.35. The Morgan fingerprint density at radius 2 is 2.14 bits per heavy atom. The summed E-state index contributed by atoms with van der Waals surface area (Å²) in [4.78, 5) is 27.6. The second-order valence-corrected chi connectivity index (χ2v) is 5.51. The molecule has 3 rings (SSSR count). The van der Waals surface area contributed by atoms with E-state index in [2.05, 4.69) is 4.98 Å². The highest BCUT2D eigenvalue weighted by atomic mass is 16.5. The van der Waals surface area contributed by atoms with Gasteiger partial charge in [-0.3, -0.25) is 14.3 Å². The molecule has 2 aromatic rings. The zero-order valence-corrected chi connectivity index (χ0v) is 12.1. The molecule has 0 unspecified atom stereocenters. The van der Waals surface area contributed by atoms with Crippen molar-refractivity contribution >= 4 is 11.7 Å². The maximum atomic E-state index is 12.4. The zero-order chi connectivity index (χ0) is 15.9. The minimum absolute atomic E-state index is 0.280. The number of pyridine rings is 2. The molecule has 0 aliphatic carbocycles. The van der Waals surface area contributed by atoms with Crippen LogP contribution in [-0.4, -0.2) is 26.2 Å². The summed E-state index contributed by atoms with van der Waals surface area (Å²) in [5.74, 6) is -0.650. The van der Waals surface area contributed by atoms with Crippen LogP contribution in [0.25, 0.3) is 5.70 Å². The molecule has 0 saturated carbocycles. The summed E-state index contributed by atoms with van der Waals surface area (Å²) < 4.78 is 7.15. The number of rotatable bonds is 2. The summed E-state index contributed by atoms with van der Waals surface area (Å²) in [6, 6.07) is 4.54. The molecule has 0 amide bonds. The van der Waals surface area contributed by atoms with Crippen LogP contribution < -0.4 is 10.3 Å². The van der Waals surface area contributed by atoms with E-state index in [9.17, 15) is 9.59 Å². The van der Waals surface area contributed by atoms with E-state index < -0.39 is 17.1 Å². The van der Waals surface area contributed by atoms with Gasteiger partial charge >= 0.3 is 5.97 Å². The molecule has 112 valence electrons. The lowest BCUT2D eigenvalue weighted by atomic mass is 10.00. The van der Waals surface area contributed by atoms with Crippen molar-refractivity contribution in [3.63, 3.8) is 0 Å². The van der Waals surface area contributed by atoms with Crippen LogP contribution in [0.5, 0.6) is 5.75 Å². The topological polar surface area (TPSA) is 81.4 Å². The van der Waals surface area contributed by atoms with E-state index in [1.165, 1.54) is 16.7 Å². The Hall–Kier alpha value is -2.89. The molecule has 22 heavy (non-hydrogen) atoms. The molecule has 6 heteroatoms. The van der Waals surface area contributed by atoms with E-state index >= 15 is 0 Å². The largest absolute Gasteiger partial charge is 0.483 e. The average molecular weight is 298 g/mol. The molecule has 0 radical (unpaired) electrons. The fraction of sp³-hybridized carbons (Fsp3) is 0.188. The van der Waals surface area contributed by atoms with Crippen molar-refractivity contribution in [1.29, 1.82) is 0 Å². The van der Waals surface area contributed by atoms with Gasteiger partial charge in [-0.2, -0.15) is 0 Å². The molecule has 0 aromatic carbocycles. The summed E-state index contributed by atoms with van der Waals surface area (Å²) in [6.07, 6.45) is 6.52. The molecule has 1 aliphatic heterocycles. The molecule has 0 fully saturated rings. The van der Waals surface area contributed by atoms with Crippen molar-refractivity contribution in [1.82, 2.24) is 9.55 Å². The molecular formula is C16H14N2O4. The molecule has 6 nitrogen and oxygen atoms in total.